The molecular weight excluding hydrogens is 522 g/mol. The second-order valence-electron chi connectivity index (χ2n) is 10.5. The van der Waals surface area contributed by atoms with Gasteiger partial charge in [0.15, 0.2) is 11.6 Å². The fraction of sp³-hybridized carbons (Fsp3) is 0.333. The van der Waals surface area contributed by atoms with E-state index in [0.717, 1.165) is 93.5 Å². The van der Waals surface area contributed by atoms with Crippen LogP contribution < -0.4 is 4.90 Å². The lowest BCUT2D eigenvalue weighted by molar-refractivity contribution is 0.0664. The summed E-state index contributed by atoms with van der Waals surface area (Å²) in [6.07, 6.45) is 3.72. The predicted octanol–water partition coefficient (Wildman–Crippen LogP) is 4.43. The van der Waals surface area contributed by atoms with E-state index in [2.05, 4.69) is 45.9 Å². The van der Waals surface area contributed by atoms with Gasteiger partial charge in [-0.25, -0.2) is 15.0 Å². The number of carbonyl (C=O) groups is 1. The summed E-state index contributed by atoms with van der Waals surface area (Å²) in [7, 11) is 2.10. The number of piperazine rings is 1. The van der Waals surface area contributed by atoms with Crippen molar-refractivity contribution >= 4 is 44.3 Å². The van der Waals surface area contributed by atoms with Crippen LogP contribution in [0.2, 0.25) is 0 Å². The van der Waals surface area contributed by atoms with E-state index in [1.165, 1.54) is 0 Å². The smallest absolute Gasteiger partial charge is 0.253 e. The maximum absolute atomic E-state index is 13.3. The number of H-pyrrole nitrogens is 1. The van der Waals surface area contributed by atoms with Gasteiger partial charge in [0, 0.05) is 73.1 Å². The maximum atomic E-state index is 13.3. The molecule has 6 heterocycles. The zero-order valence-corrected chi connectivity index (χ0v) is 23.5. The van der Waals surface area contributed by atoms with Crippen molar-refractivity contribution in [2.45, 2.75) is 6.92 Å². The maximum Gasteiger partial charge on any atom is 0.253 e. The Balaban J connectivity index is 1.32. The van der Waals surface area contributed by atoms with E-state index in [4.69, 9.17) is 14.7 Å². The molecule has 0 atom stereocenters. The summed E-state index contributed by atoms with van der Waals surface area (Å²) in [4.78, 5) is 38.9. The number of morpholine rings is 1. The average Bonchev–Trinajstić information content (AvgIpc) is 3.61. The number of aromatic nitrogens is 4. The molecule has 10 heteroatoms. The largest absolute Gasteiger partial charge is 0.378 e. The van der Waals surface area contributed by atoms with E-state index < -0.39 is 0 Å². The fourth-order valence-corrected chi connectivity index (χ4v) is 6.77. The van der Waals surface area contributed by atoms with E-state index in [0.29, 0.717) is 19.0 Å². The first-order chi connectivity index (χ1) is 19.5. The number of aryl methyl sites for hydroxylation is 1. The molecule has 0 bridgehead atoms. The summed E-state index contributed by atoms with van der Waals surface area (Å²) < 4.78 is 6.70. The highest BCUT2D eigenvalue weighted by atomic mass is 32.1. The van der Waals surface area contributed by atoms with E-state index in [-0.39, 0.29) is 5.91 Å². The zero-order valence-electron chi connectivity index (χ0n) is 22.7. The number of amides is 1. The van der Waals surface area contributed by atoms with Gasteiger partial charge in [0.25, 0.3) is 5.91 Å². The van der Waals surface area contributed by atoms with Crippen LogP contribution in [0.3, 0.4) is 0 Å². The Morgan fingerprint density at radius 3 is 2.65 bits per heavy atom. The molecule has 2 aliphatic rings. The predicted molar refractivity (Wildman–Crippen MR) is 159 cm³/mol. The second kappa shape index (κ2) is 10.3. The third-order valence-corrected chi connectivity index (χ3v) is 9.20. The molecule has 1 amide bonds. The van der Waals surface area contributed by atoms with E-state index >= 15 is 0 Å². The number of thiophene rings is 1. The number of fused-ring (bicyclic) bond motifs is 2. The fourth-order valence-electron chi connectivity index (χ4n) is 5.51. The van der Waals surface area contributed by atoms with Crippen LogP contribution in [0.15, 0.2) is 48.8 Å². The summed E-state index contributed by atoms with van der Waals surface area (Å²) in [5.74, 6) is 1.69. The normalized spacial score (nSPS) is 16.8. The topological polar surface area (TPSA) is 90.5 Å². The molecule has 2 fully saturated rings. The Hall–Kier alpha value is -3.86. The van der Waals surface area contributed by atoms with E-state index in [1.54, 1.807) is 11.3 Å². The van der Waals surface area contributed by atoms with Gasteiger partial charge in [0.1, 0.15) is 5.65 Å². The number of benzene rings is 1. The molecule has 5 aromatic rings. The van der Waals surface area contributed by atoms with Crippen molar-refractivity contribution in [1.82, 2.24) is 29.7 Å². The molecule has 2 aliphatic heterocycles. The molecule has 0 saturated carbocycles. The summed E-state index contributed by atoms with van der Waals surface area (Å²) in [5.41, 5.74) is 5.53. The molecule has 0 unspecified atom stereocenters. The molecule has 40 heavy (non-hydrogen) atoms. The number of nitrogens with one attached hydrogen (secondary N) is 1. The van der Waals surface area contributed by atoms with Gasteiger partial charge < -0.3 is 24.4 Å². The molecule has 0 spiro atoms. The SMILES string of the molecule is Cc1c(-c2cccc(C(=O)N3CCN(C)CC3)c2)sc2c(N3CCOCC3)nc(-c3cnc4[nH]ccc4c3)nc12. The monoisotopic (exact) mass is 553 g/mol. The Kier molecular flexibility index (Phi) is 6.45. The lowest BCUT2D eigenvalue weighted by Crippen LogP contribution is -2.47. The van der Waals surface area contributed by atoms with Gasteiger partial charge in [-0.05, 0) is 49.4 Å². The number of carbonyl (C=O) groups excluding carboxylic acids is 1. The Morgan fingerprint density at radius 2 is 1.82 bits per heavy atom. The van der Waals surface area contributed by atoms with Gasteiger partial charge >= 0.3 is 0 Å². The number of pyridine rings is 1. The van der Waals surface area contributed by atoms with Crippen LogP contribution in [-0.4, -0.2) is 95.2 Å². The van der Waals surface area contributed by atoms with Crippen LogP contribution in [0.4, 0.5) is 5.82 Å². The minimum absolute atomic E-state index is 0.0949. The molecule has 204 valence electrons. The number of hydrogen-bond donors (Lipinski definition) is 1. The molecule has 0 radical (unpaired) electrons. The summed E-state index contributed by atoms with van der Waals surface area (Å²) in [6.45, 7) is 8.34. The van der Waals surface area contributed by atoms with Crippen molar-refractivity contribution in [2.24, 2.45) is 0 Å². The van der Waals surface area contributed by atoms with Crippen LogP contribution >= 0.6 is 11.3 Å². The van der Waals surface area contributed by atoms with Crippen LogP contribution in [0.1, 0.15) is 15.9 Å². The van der Waals surface area contributed by atoms with E-state index in [9.17, 15) is 4.79 Å². The highest BCUT2D eigenvalue weighted by Crippen LogP contribution is 2.42. The highest BCUT2D eigenvalue weighted by molar-refractivity contribution is 7.23. The van der Waals surface area contributed by atoms with Gasteiger partial charge in [0.2, 0.25) is 0 Å². The third kappa shape index (κ3) is 4.51. The molecule has 7 rings (SSSR count). The van der Waals surface area contributed by atoms with Crippen LogP contribution in [0.25, 0.3) is 43.1 Å². The molecule has 1 N–H and O–H groups in total. The van der Waals surface area contributed by atoms with Crippen molar-refractivity contribution in [3.8, 4) is 21.8 Å². The number of rotatable bonds is 4. The number of nitrogens with zero attached hydrogens (tertiary/aromatic N) is 6. The number of anilines is 1. The Labute approximate surface area is 236 Å². The molecule has 9 nitrogen and oxygen atoms in total. The lowest BCUT2D eigenvalue weighted by Gasteiger charge is -2.32. The first kappa shape index (κ1) is 25.1. The first-order valence-corrected chi connectivity index (χ1v) is 14.5. The minimum atomic E-state index is 0.0949. The molecular formula is C30H31N7O2S. The van der Waals surface area contributed by atoms with Crippen LogP contribution in [0.5, 0.6) is 0 Å². The van der Waals surface area contributed by atoms with Gasteiger partial charge in [0.05, 0.1) is 23.4 Å². The molecule has 2 saturated heterocycles. The third-order valence-electron chi connectivity index (χ3n) is 7.88. The lowest BCUT2D eigenvalue weighted by atomic mass is 10.1. The summed E-state index contributed by atoms with van der Waals surface area (Å²) in [5, 5.41) is 1.03. The second-order valence-corrected chi connectivity index (χ2v) is 11.5. The van der Waals surface area contributed by atoms with E-state index in [1.807, 2.05) is 41.6 Å². The van der Waals surface area contributed by atoms with Crippen molar-refractivity contribution < 1.29 is 9.53 Å². The van der Waals surface area contributed by atoms with Crippen LogP contribution in [0, 0.1) is 6.92 Å². The molecule has 0 aliphatic carbocycles. The van der Waals surface area contributed by atoms with Gasteiger partial charge in [-0.3, -0.25) is 4.79 Å². The van der Waals surface area contributed by atoms with Crippen LogP contribution in [-0.2, 0) is 4.74 Å². The molecule has 1 aromatic carbocycles. The summed E-state index contributed by atoms with van der Waals surface area (Å²) >= 11 is 1.70. The Bertz CT molecular complexity index is 1710. The van der Waals surface area contributed by atoms with Gasteiger partial charge in [-0.2, -0.15) is 0 Å². The quantitative estimate of drug-likeness (QED) is 0.352. The standard InChI is InChI=1S/C30H31N7O2S/c1-19-24-26(40-25(19)20-4-3-5-22(16-20)30(38)37-10-8-35(2)9-11-37)29(36-12-14-39-15-13-36)34-28(33-24)23-17-21-6-7-31-27(21)32-18-23/h3-7,16-18H,8-15H2,1-2H3,(H,31,32). The average molecular weight is 554 g/mol. The van der Waals surface area contributed by atoms with Gasteiger partial charge in [-0.1, -0.05) is 12.1 Å². The number of ether oxygens (including phenoxy) is 1. The zero-order chi connectivity index (χ0) is 27.2. The molecule has 4 aromatic heterocycles. The minimum Gasteiger partial charge on any atom is -0.378 e. The number of likely N-dealkylation sites (N-methyl/N-ethyl adjacent to an activating group) is 1. The van der Waals surface area contributed by atoms with Crippen molar-refractivity contribution in [3.05, 3.63) is 59.9 Å². The van der Waals surface area contributed by atoms with Gasteiger partial charge in [-0.15, -0.1) is 11.3 Å². The highest BCUT2D eigenvalue weighted by Gasteiger charge is 2.24. The summed E-state index contributed by atoms with van der Waals surface area (Å²) in [6, 6.07) is 12.1. The number of hydrogen-bond acceptors (Lipinski definition) is 8. The van der Waals surface area contributed by atoms with Crippen molar-refractivity contribution in [1.29, 1.82) is 0 Å². The number of aromatic amines is 1. The Morgan fingerprint density at radius 1 is 1.00 bits per heavy atom. The van der Waals surface area contributed by atoms with Crippen molar-refractivity contribution in [2.75, 3.05) is 64.4 Å². The first-order valence-electron chi connectivity index (χ1n) is 13.7. The van der Waals surface area contributed by atoms with Crippen molar-refractivity contribution in [3.63, 3.8) is 0 Å².